The lowest BCUT2D eigenvalue weighted by Crippen LogP contribution is -2.47. The van der Waals surface area contributed by atoms with Gasteiger partial charge in [-0.3, -0.25) is 14.4 Å². The zero-order chi connectivity index (χ0) is 23.8. The van der Waals surface area contributed by atoms with E-state index in [4.69, 9.17) is 9.47 Å². The molecule has 1 aromatic heterocycles. The van der Waals surface area contributed by atoms with Gasteiger partial charge < -0.3 is 19.5 Å². The maximum Gasteiger partial charge on any atom is 0.222 e. The lowest BCUT2D eigenvalue weighted by Gasteiger charge is -2.35. The van der Waals surface area contributed by atoms with E-state index in [-0.39, 0.29) is 30.6 Å². The van der Waals surface area contributed by atoms with Crippen LogP contribution in [-0.4, -0.2) is 81.8 Å². The average molecular weight is 460 g/mol. The highest BCUT2D eigenvalue weighted by Crippen LogP contribution is 2.19. The number of amides is 1. The van der Waals surface area contributed by atoms with Crippen molar-refractivity contribution in [3.05, 3.63) is 41.7 Å². The molecular weight excluding hydrogens is 422 g/mol. The third-order valence-corrected chi connectivity index (χ3v) is 6.12. The Labute approximate surface area is 196 Å². The molecule has 9 heteroatoms. The molecule has 1 aliphatic rings. The van der Waals surface area contributed by atoms with E-state index >= 15 is 0 Å². The number of ether oxygens (including phenoxy) is 2. The van der Waals surface area contributed by atoms with E-state index in [1.54, 1.807) is 16.7 Å². The summed E-state index contributed by atoms with van der Waals surface area (Å²) in [5, 5.41) is 18.1. The molecular formula is C24H37N5O4. The van der Waals surface area contributed by atoms with Crippen LogP contribution < -0.4 is 4.74 Å². The minimum absolute atomic E-state index is 0.0477. The first-order valence-corrected chi connectivity index (χ1v) is 11.6. The summed E-state index contributed by atoms with van der Waals surface area (Å²) in [5.41, 5.74) is 1.94. The molecule has 0 saturated carbocycles. The number of rotatable bonds is 7. The molecule has 0 spiro atoms. The molecule has 3 atom stereocenters. The summed E-state index contributed by atoms with van der Waals surface area (Å²) >= 11 is 0. The van der Waals surface area contributed by atoms with Crippen LogP contribution in [0.5, 0.6) is 5.75 Å². The van der Waals surface area contributed by atoms with Crippen molar-refractivity contribution in [1.82, 2.24) is 24.8 Å². The van der Waals surface area contributed by atoms with Crippen LogP contribution in [0.25, 0.3) is 0 Å². The Morgan fingerprint density at radius 1 is 1.39 bits per heavy atom. The highest BCUT2D eigenvalue weighted by Gasteiger charge is 2.28. The van der Waals surface area contributed by atoms with Crippen molar-refractivity contribution in [3.63, 3.8) is 0 Å². The number of aliphatic hydroxyl groups is 1. The summed E-state index contributed by atoms with van der Waals surface area (Å²) in [7, 11) is 3.73. The van der Waals surface area contributed by atoms with Gasteiger partial charge in [0.1, 0.15) is 11.4 Å². The monoisotopic (exact) mass is 459 g/mol. The number of benzene rings is 1. The molecule has 9 nitrogen and oxygen atoms in total. The fraction of sp³-hybridized carbons (Fsp3) is 0.625. The number of carbonyl (C=O) groups excluding carboxylic acids is 1. The summed E-state index contributed by atoms with van der Waals surface area (Å²) < 4.78 is 13.4. The molecule has 1 N–H and O–H groups in total. The van der Waals surface area contributed by atoms with E-state index < -0.39 is 0 Å². The molecule has 0 saturated heterocycles. The number of nitrogens with zero attached hydrogens (tertiary/aromatic N) is 5. The van der Waals surface area contributed by atoms with E-state index in [1.165, 1.54) is 0 Å². The van der Waals surface area contributed by atoms with Crippen LogP contribution in [0.2, 0.25) is 0 Å². The number of hydrogen-bond acceptors (Lipinski definition) is 7. The second-order valence-electron chi connectivity index (χ2n) is 9.03. The van der Waals surface area contributed by atoms with Crippen molar-refractivity contribution < 1.29 is 19.4 Å². The number of fused-ring (bicyclic) bond motifs is 2. The maximum atomic E-state index is 13.0. The zero-order valence-corrected chi connectivity index (χ0v) is 20.2. The topological polar surface area (TPSA) is 93.0 Å². The fourth-order valence-electron chi connectivity index (χ4n) is 4.15. The fourth-order valence-corrected chi connectivity index (χ4v) is 4.15. The average Bonchev–Trinajstić information content (AvgIpc) is 3.26. The lowest BCUT2D eigenvalue weighted by molar-refractivity contribution is -0.136. The van der Waals surface area contributed by atoms with Gasteiger partial charge >= 0.3 is 0 Å². The predicted octanol–water partition coefficient (Wildman–Crippen LogP) is 1.94. The summed E-state index contributed by atoms with van der Waals surface area (Å²) in [5.74, 6) is 0.945. The number of aryl methyl sites for hydroxylation is 1. The highest BCUT2D eigenvalue weighted by atomic mass is 16.5. The van der Waals surface area contributed by atoms with Crippen LogP contribution in [0.4, 0.5) is 0 Å². The van der Waals surface area contributed by atoms with Gasteiger partial charge in [0.2, 0.25) is 5.91 Å². The SMILES string of the molecule is COc1cccc(CN(C)C[C@@H]2OCc3cn(nn3)CCCC(=O)N([C@@H](C)CO)C[C@@H]2C)c1. The molecule has 3 rings (SSSR count). The molecule has 1 aliphatic heterocycles. The third kappa shape index (κ3) is 7.25. The van der Waals surface area contributed by atoms with Gasteiger partial charge in [-0.1, -0.05) is 24.3 Å². The Morgan fingerprint density at radius 2 is 2.21 bits per heavy atom. The van der Waals surface area contributed by atoms with Gasteiger partial charge in [0, 0.05) is 38.5 Å². The predicted molar refractivity (Wildman–Crippen MR) is 125 cm³/mol. The Morgan fingerprint density at radius 3 is 2.97 bits per heavy atom. The highest BCUT2D eigenvalue weighted by molar-refractivity contribution is 5.76. The van der Waals surface area contributed by atoms with Gasteiger partial charge in [-0.05, 0) is 38.1 Å². The molecule has 2 aromatic rings. The standard InChI is InChI=1S/C24H37N5O4/c1-18-12-29(19(2)16-30)24(31)9-6-10-28-14-21(25-26-28)17-33-23(18)15-27(3)13-20-7-5-8-22(11-20)32-4/h5,7-8,11,14,18-19,23,30H,6,9-10,12-13,15-17H2,1-4H3/t18-,19-,23-/m0/s1. The quantitative estimate of drug-likeness (QED) is 0.676. The van der Waals surface area contributed by atoms with E-state index in [1.807, 2.05) is 31.3 Å². The van der Waals surface area contributed by atoms with Gasteiger partial charge in [-0.15, -0.1) is 5.10 Å². The van der Waals surface area contributed by atoms with Crippen LogP contribution in [0.3, 0.4) is 0 Å². The van der Waals surface area contributed by atoms with Crippen molar-refractivity contribution in [2.24, 2.45) is 5.92 Å². The summed E-state index contributed by atoms with van der Waals surface area (Å²) in [6.45, 7) is 6.88. The largest absolute Gasteiger partial charge is 0.497 e. The van der Waals surface area contributed by atoms with E-state index in [0.717, 1.165) is 23.6 Å². The summed E-state index contributed by atoms with van der Waals surface area (Å²) in [6, 6.07) is 7.80. The first-order chi connectivity index (χ1) is 15.9. The second-order valence-corrected chi connectivity index (χ2v) is 9.03. The van der Waals surface area contributed by atoms with Crippen molar-refractivity contribution in [1.29, 1.82) is 0 Å². The minimum atomic E-state index is -0.238. The van der Waals surface area contributed by atoms with E-state index in [9.17, 15) is 9.90 Å². The Balaban J connectivity index is 1.75. The molecule has 1 amide bonds. The van der Waals surface area contributed by atoms with Crippen molar-refractivity contribution in [3.8, 4) is 5.75 Å². The van der Waals surface area contributed by atoms with Gasteiger partial charge in [-0.2, -0.15) is 0 Å². The Hall–Kier alpha value is -2.49. The van der Waals surface area contributed by atoms with Crippen LogP contribution >= 0.6 is 0 Å². The van der Waals surface area contributed by atoms with Crippen molar-refractivity contribution >= 4 is 5.91 Å². The van der Waals surface area contributed by atoms with Gasteiger partial charge in [0.25, 0.3) is 0 Å². The molecule has 0 radical (unpaired) electrons. The lowest BCUT2D eigenvalue weighted by atomic mass is 10.0. The normalized spacial score (nSPS) is 21.3. The van der Waals surface area contributed by atoms with Gasteiger partial charge in [0.05, 0.1) is 38.7 Å². The van der Waals surface area contributed by atoms with Gasteiger partial charge in [0.15, 0.2) is 0 Å². The Bertz CT molecular complexity index is 889. The van der Waals surface area contributed by atoms with E-state index in [2.05, 4.69) is 35.2 Å². The molecule has 2 heterocycles. The number of methoxy groups -OCH3 is 1. The number of likely N-dealkylation sites (N-methyl/N-ethyl adjacent to an activating group) is 1. The molecule has 2 bridgehead atoms. The molecule has 182 valence electrons. The first-order valence-electron chi connectivity index (χ1n) is 11.6. The number of aliphatic hydroxyl groups excluding tert-OH is 1. The third-order valence-electron chi connectivity index (χ3n) is 6.12. The molecule has 0 unspecified atom stereocenters. The van der Waals surface area contributed by atoms with Crippen LogP contribution in [0, 0.1) is 5.92 Å². The van der Waals surface area contributed by atoms with Crippen LogP contribution in [-0.2, 0) is 29.2 Å². The van der Waals surface area contributed by atoms with Crippen LogP contribution in [0.1, 0.15) is 37.9 Å². The Kier molecular flexibility index (Phi) is 9.22. The summed E-state index contributed by atoms with van der Waals surface area (Å²) in [6.07, 6.45) is 2.84. The minimum Gasteiger partial charge on any atom is -0.497 e. The van der Waals surface area contributed by atoms with Crippen molar-refractivity contribution in [2.75, 3.05) is 33.9 Å². The second kappa shape index (κ2) is 12.1. The van der Waals surface area contributed by atoms with Crippen LogP contribution in [0.15, 0.2) is 30.5 Å². The molecule has 0 fully saturated rings. The zero-order valence-electron chi connectivity index (χ0n) is 20.2. The summed E-state index contributed by atoms with van der Waals surface area (Å²) in [4.78, 5) is 17.0. The maximum absolute atomic E-state index is 13.0. The van der Waals surface area contributed by atoms with E-state index in [0.29, 0.717) is 39.1 Å². The number of aromatic nitrogens is 3. The van der Waals surface area contributed by atoms with Gasteiger partial charge in [-0.25, -0.2) is 0 Å². The molecule has 0 aliphatic carbocycles. The van der Waals surface area contributed by atoms with Crippen molar-refractivity contribution in [2.45, 2.75) is 58.5 Å². The smallest absolute Gasteiger partial charge is 0.222 e. The molecule has 33 heavy (non-hydrogen) atoms. The molecule has 1 aromatic carbocycles. The number of carbonyl (C=O) groups is 1. The number of hydrogen-bond donors (Lipinski definition) is 1. The first kappa shape index (κ1) is 25.1.